The van der Waals surface area contributed by atoms with Gasteiger partial charge in [-0.1, -0.05) is 13.0 Å². The molecule has 0 fully saturated rings. The number of rotatable bonds is 6. The maximum atomic E-state index is 12.1. The summed E-state index contributed by atoms with van der Waals surface area (Å²) in [5.74, 6) is -0.119. The van der Waals surface area contributed by atoms with E-state index in [4.69, 9.17) is 0 Å². The van der Waals surface area contributed by atoms with E-state index in [1.54, 1.807) is 7.05 Å². The summed E-state index contributed by atoms with van der Waals surface area (Å²) in [7, 11) is 0.867. The van der Waals surface area contributed by atoms with E-state index in [0.717, 1.165) is 10.4 Å². The zero-order valence-electron chi connectivity index (χ0n) is 12.8. The lowest BCUT2D eigenvalue weighted by molar-refractivity contribution is -0.386. The van der Waals surface area contributed by atoms with Crippen LogP contribution in [0.4, 0.5) is 5.69 Å². The van der Waals surface area contributed by atoms with Crippen molar-refractivity contribution >= 4 is 15.7 Å². The van der Waals surface area contributed by atoms with Crippen molar-refractivity contribution in [3.63, 3.8) is 0 Å². The number of hydrogen-bond acceptors (Lipinski definition) is 5. The number of sulfonamides is 1. The molecule has 1 aromatic carbocycles. The lowest BCUT2D eigenvalue weighted by Gasteiger charge is -2.20. The second kappa shape index (κ2) is 6.50. The van der Waals surface area contributed by atoms with Gasteiger partial charge in [0.15, 0.2) is 0 Å². The maximum absolute atomic E-state index is 12.1. The third-order valence-electron chi connectivity index (χ3n) is 3.67. The van der Waals surface area contributed by atoms with Crippen LogP contribution >= 0.6 is 0 Å². The molecule has 1 N–H and O–H groups in total. The number of nitro benzene ring substituents is 1. The highest BCUT2D eigenvalue weighted by molar-refractivity contribution is 7.89. The van der Waals surface area contributed by atoms with Crippen LogP contribution in [0, 0.1) is 10.1 Å². The molecule has 1 aromatic rings. The molecule has 0 bridgehead atoms. The molecule has 7 nitrogen and oxygen atoms in total. The van der Waals surface area contributed by atoms with Crippen LogP contribution in [0.1, 0.15) is 25.3 Å². The summed E-state index contributed by atoms with van der Waals surface area (Å²) in [5, 5.41) is 14.3. The van der Waals surface area contributed by atoms with Crippen LogP contribution in [0.25, 0.3) is 0 Å². The Kier molecular flexibility index (Phi) is 5.43. The Bertz CT molecular complexity index is 628. The van der Waals surface area contributed by atoms with Crippen molar-refractivity contribution in [2.45, 2.75) is 30.7 Å². The van der Waals surface area contributed by atoms with Gasteiger partial charge >= 0.3 is 0 Å². The predicted molar refractivity (Wildman–Crippen MR) is 80.9 cm³/mol. The molecule has 0 radical (unpaired) electrons. The summed E-state index contributed by atoms with van der Waals surface area (Å²) < 4.78 is 25.2. The van der Waals surface area contributed by atoms with E-state index in [1.807, 2.05) is 13.8 Å². The third kappa shape index (κ3) is 3.58. The molecule has 0 saturated heterocycles. The Morgan fingerprint density at radius 3 is 2.29 bits per heavy atom. The zero-order valence-corrected chi connectivity index (χ0v) is 13.6. The van der Waals surface area contributed by atoms with Crippen LogP contribution in [0.2, 0.25) is 0 Å². The minimum atomic E-state index is -3.69. The molecule has 0 amide bonds. The fourth-order valence-electron chi connectivity index (χ4n) is 1.96. The highest BCUT2D eigenvalue weighted by atomic mass is 32.2. The highest BCUT2D eigenvalue weighted by Crippen LogP contribution is 2.31. The number of benzene rings is 1. The van der Waals surface area contributed by atoms with Gasteiger partial charge in [-0.05, 0) is 20.0 Å². The van der Waals surface area contributed by atoms with Gasteiger partial charge in [-0.3, -0.25) is 10.1 Å². The fraction of sp³-hybridized carbons (Fsp3) is 0.538. The van der Waals surface area contributed by atoms with Gasteiger partial charge in [-0.25, -0.2) is 12.7 Å². The molecule has 1 rings (SSSR count). The van der Waals surface area contributed by atoms with E-state index in [9.17, 15) is 18.5 Å². The van der Waals surface area contributed by atoms with Crippen LogP contribution in [0.15, 0.2) is 23.1 Å². The van der Waals surface area contributed by atoms with Crippen molar-refractivity contribution in [3.8, 4) is 0 Å². The van der Waals surface area contributed by atoms with E-state index < -0.39 is 14.9 Å². The second-order valence-corrected chi connectivity index (χ2v) is 7.28. The van der Waals surface area contributed by atoms with Gasteiger partial charge in [0.05, 0.1) is 9.82 Å². The lowest BCUT2D eigenvalue weighted by Crippen LogP contribution is -2.28. The normalized spacial score (nSPS) is 15.0. The van der Waals surface area contributed by atoms with Crippen LogP contribution < -0.4 is 5.32 Å². The number of hydrogen-bond donors (Lipinski definition) is 1. The number of likely N-dealkylation sites (N-methyl/N-ethyl adjacent to an activating group) is 1. The number of nitrogens with zero attached hydrogens (tertiary/aromatic N) is 2. The first-order valence-electron chi connectivity index (χ1n) is 6.51. The van der Waals surface area contributed by atoms with Gasteiger partial charge in [0.25, 0.3) is 5.69 Å². The van der Waals surface area contributed by atoms with Gasteiger partial charge in [-0.2, -0.15) is 0 Å². The Labute approximate surface area is 125 Å². The first-order chi connectivity index (χ1) is 9.62. The average molecular weight is 315 g/mol. The van der Waals surface area contributed by atoms with Crippen molar-refractivity contribution in [2.24, 2.45) is 0 Å². The molecule has 8 heteroatoms. The van der Waals surface area contributed by atoms with Gasteiger partial charge in [0.1, 0.15) is 0 Å². The second-order valence-electron chi connectivity index (χ2n) is 5.13. The van der Waals surface area contributed by atoms with Gasteiger partial charge in [0.2, 0.25) is 10.0 Å². The zero-order chi connectivity index (χ0) is 16.4. The van der Waals surface area contributed by atoms with Gasteiger partial charge < -0.3 is 5.32 Å². The molecule has 2 unspecified atom stereocenters. The third-order valence-corrected chi connectivity index (χ3v) is 5.48. The SMILES string of the molecule is CNC(C)C(C)c1ccc(S(=O)(=O)N(C)C)cc1[N+](=O)[O-]. The first-order valence-corrected chi connectivity index (χ1v) is 7.95. The minimum Gasteiger partial charge on any atom is -0.317 e. The summed E-state index contributed by atoms with van der Waals surface area (Å²) in [4.78, 5) is 10.6. The monoisotopic (exact) mass is 315 g/mol. The summed E-state index contributed by atoms with van der Waals surface area (Å²) >= 11 is 0. The quantitative estimate of drug-likeness (QED) is 0.635. The first kappa shape index (κ1) is 17.5. The van der Waals surface area contributed by atoms with Crippen molar-refractivity contribution in [2.75, 3.05) is 21.1 Å². The van der Waals surface area contributed by atoms with Gasteiger partial charge in [0, 0.05) is 37.7 Å². The molecule has 0 aliphatic carbocycles. The standard InChI is InChI=1S/C13H21N3O4S/c1-9(10(2)14-3)12-7-6-11(8-13(12)16(17)18)21(19,20)15(4)5/h6-10,14H,1-5H3. The predicted octanol–water partition coefficient (Wildman–Crippen LogP) is 1.56. The number of nitrogens with one attached hydrogen (secondary N) is 1. The smallest absolute Gasteiger partial charge is 0.274 e. The molecule has 0 spiro atoms. The molecule has 118 valence electrons. The summed E-state index contributed by atoms with van der Waals surface area (Å²) in [6.07, 6.45) is 0. The van der Waals surface area contributed by atoms with E-state index in [-0.39, 0.29) is 22.5 Å². The summed E-state index contributed by atoms with van der Waals surface area (Å²) in [6, 6.07) is 4.09. The Morgan fingerprint density at radius 2 is 1.86 bits per heavy atom. The Morgan fingerprint density at radius 1 is 1.29 bits per heavy atom. The van der Waals surface area contributed by atoms with Crippen LogP contribution in [-0.4, -0.2) is 44.8 Å². The largest absolute Gasteiger partial charge is 0.317 e. The van der Waals surface area contributed by atoms with E-state index in [2.05, 4.69) is 5.32 Å². The fourth-order valence-corrected chi connectivity index (χ4v) is 2.88. The minimum absolute atomic E-state index is 0.0278. The molecule has 0 saturated carbocycles. The van der Waals surface area contributed by atoms with Crippen LogP contribution in [0.5, 0.6) is 0 Å². The summed E-state index contributed by atoms with van der Waals surface area (Å²) in [6.45, 7) is 3.78. The molecule has 0 aromatic heterocycles. The molecule has 0 aliphatic rings. The highest BCUT2D eigenvalue weighted by Gasteiger charge is 2.26. The molecule has 0 aliphatic heterocycles. The molecule has 21 heavy (non-hydrogen) atoms. The van der Waals surface area contributed by atoms with Crippen molar-refractivity contribution in [1.29, 1.82) is 0 Å². The van der Waals surface area contributed by atoms with Crippen LogP contribution in [0.3, 0.4) is 0 Å². The van der Waals surface area contributed by atoms with Gasteiger partial charge in [-0.15, -0.1) is 0 Å². The number of nitro groups is 1. The molecular weight excluding hydrogens is 294 g/mol. The topological polar surface area (TPSA) is 92.6 Å². The lowest BCUT2D eigenvalue weighted by atomic mass is 9.93. The van der Waals surface area contributed by atoms with Crippen molar-refractivity contribution in [1.82, 2.24) is 9.62 Å². The molecule has 0 heterocycles. The van der Waals surface area contributed by atoms with E-state index >= 15 is 0 Å². The maximum Gasteiger partial charge on any atom is 0.274 e. The van der Waals surface area contributed by atoms with E-state index in [1.165, 1.54) is 26.2 Å². The molecule has 2 atom stereocenters. The van der Waals surface area contributed by atoms with Crippen molar-refractivity contribution in [3.05, 3.63) is 33.9 Å². The summed E-state index contributed by atoms with van der Waals surface area (Å²) in [5.41, 5.74) is 0.340. The van der Waals surface area contributed by atoms with Crippen molar-refractivity contribution < 1.29 is 13.3 Å². The average Bonchev–Trinajstić information content (AvgIpc) is 2.44. The van der Waals surface area contributed by atoms with E-state index in [0.29, 0.717) is 5.56 Å². The molecular formula is C13H21N3O4S. The Hall–Kier alpha value is -1.51. The van der Waals surface area contributed by atoms with Crippen LogP contribution in [-0.2, 0) is 10.0 Å². The Balaban J connectivity index is 3.43.